The maximum absolute atomic E-state index is 13.9. The zero-order valence-electron chi connectivity index (χ0n) is 9.75. The summed E-state index contributed by atoms with van der Waals surface area (Å²) in [4.78, 5) is 0. The van der Waals surface area contributed by atoms with Crippen molar-refractivity contribution in [3.05, 3.63) is 68.0 Å². The molecule has 0 aliphatic heterocycles. The van der Waals surface area contributed by atoms with Gasteiger partial charge in [0.05, 0.1) is 6.04 Å². The van der Waals surface area contributed by atoms with Crippen LogP contribution in [0.25, 0.3) is 0 Å². The smallest absolute Gasteiger partial charge is 0.129 e. The van der Waals surface area contributed by atoms with Crippen molar-refractivity contribution in [3.63, 3.8) is 0 Å². The van der Waals surface area contributed by atoms with Crippen LogP contribution in [0.15, 0.2) is 42.5 Å². The van der Waals surface area contributed by atoms with E-state index >= 15 is 0 Å². The predicted octanol–water partition coefficient (Wildman–Crippen LogP) is 4.39. The van der Waals surface area contributed by atoms with Crippen LogP contribution in [0.1, 0.15) is 17.2 Å². The first-order valence-electron chi connectivity index (χ1n) is 5.49. The largest absolute Gasteiger partial charge is 0.309 e. The molecule has 1 atom stereocenters. The van der Waals surface area contributed by atoms with Crippen LogP contribution in [0, 0.1) is 9.39 Å². The van der Waals surface area contributed by atoms with Gasteiger partial charge in [-0.3, -0.25) is 0 Å². The monoisotopic (exact) mass is 375 g/mol. The summed E-state index contributed by atoms with van der Waals surface area (Å²) in [5, 5.41) is 3.54. The number of benzene rings is 2. The third kappa shape index (κ3) is 3.02. The van der Waals surface area contributed by atoms with Gasteiger partial charge in [-0.25, -0.2) is 4.39 Å². The van der Waals surface area contributed by atoms with Gasteiger partial charge in [-0.05, 0) is 59.5 Å². The highest BCUT2D eigenvalue weighted by molar-refractivity contribution is 14.1. The Morgan fingerprint density at radius 1 is 1.17 bits per heavy atom. The van der Waals surface area contributed by atoms with Gasteiger partial charge in [0, 0.05) is 14.2 Å². The van der Waals surface area contributed by atoms with E-state index in [1.54, 1.807) is 12.1 Å². The van der Waals surface area contributed by atoms with E-state index in [1.807, 2.05) is 31.3 Å². The van der Waals surface area contributed by atoms with Gasteiger partial charge in [0.1, 0.15) is 5.82 Å². The molecule has 18 heavy (non-hydrogen) atoms. The minimum atomic E-state index is -0.291. The highest BCUT2D eigenvalue weighted by Gasteiger charge is 2.16. The van der Waals surface area contributed by atoms with Crippen molar-refractivity contribution in [2.45, 2.75) is 6.04 Å². The molecular formula is C14H12ClFIN. The van der Waals surface area contributed by atoms with Gasteiger partial charge in [0.2, 0.25) is 0 Å². The quantitative estimate of drug-likeness (QED) is 0.785. The molecule has 0 saturated carbocycles. The molecule has 1 N–H and O–H groups in total. The first kappa shape index (κ1) is 13.8. The Hall–Kier alpha value is -0.650. The molecule has 2 rings (SSSR count). The number of rotatable bonds is 3. The fourth-order valence-electron chi connectivity index (χ4n) is 1.89. The van der Waals surface area contributed by atoms with Crippen LogP contribution in [0.2, 0.25) is 5.02 Å². The molecule has 1 nitrogen and oxygen atoms in total. The average Bonchev–Trinajstić information content (AvgIpc) is 2.35. The number of hydrogen-bond acceptors (Lipinski definition) is 1. The zero-order valence-corrected chi connectivity index (χ0v) is 12.7. The molecule has 4 heteroatoms. The highest BCUT2D eigenvalue weighted by Crippen LogP contribution is 2.26. The molecule has 0 radical (unpaired) electrons. The average molecular weight is 376 g/mol. The molecule has 0 fully saturated rings. The van der Waals surface area contributed by atoms with Gasteiger partial charge in [0.25, 0.3) is 0 Å². The molecule has 2 aromatic rings. The zero-order chi connectivity index (χ0) is 13.1. The Bertz CT molecular complexity index is 542. The lowest BCUT2D eigenvalue weighted by Crippen LogP contribution is -2.18. The Labute approximate surface area is 124 Å². The molecule has 0 amide bonds. The lowest BCUT2D eigenvalue weighted by molar-refractivity contribution is 0.576. The van der Waals surface area contributed by atoms with Crippen LogP contribution < -0.4 is 5.32 Å². The van der Waals surface area contributed by atoms with E-state index in [0.717, 1.165) is 9.13 Å². The normalized spacial score (nSPS) is 12.4. The maximum Gasteiger partial charge on any atom is 0.129 e. The molecule has 0 aromatic heterocycles. The first-order chi connectivity index (χ1) is 8.61. The van der Waals surface area contributed by atoms with Gasteiger partial charge < -0.3 is 5.32 Å². The molecule has 0 bridgehead atoms. The summed E-state index contributed by atoms with van der Waals surface area (Å²) in [6, 6.07) is 12.6. The molecule has 0 saturated heterocycles. The fraction of sp³-hybridized carbons (Fsp3) is 0.143. The van der Waals surface area contributed by atoms with Gasteiger partial charge in [-0.1, -0.05) is 29.8 Å². The summed E-state index contributed by atoms with van der Waals surface area (Å²) in [5.74, 6) is -0.291. The van der Waals surface area contributed by atoms with Crippen molar-refractivity contribution < 1.29 is 4.39 Å². The van der Waals surface area contributed by atoms with Gasteiger partial charge >= 0.3 is 0 Å². The van der Waals surface area contributed by atoms with Crippen LogP contribution in [0.5, 0.6) is 0 Å². The molecule has 0 heterocycles. The van der Waals surface area contributed by atoms with Crippen molar-refractivity contribution in [3.8, 4) is 0 Å². The van der Waals surface area contributed by atoms with E-state index in [1.165, 1.54) is 6.07 Å². The van der Waals surface area contributed by atoms with Crippen LogP contribution in [0.3, 0.4) is 0 Å². The molecule has 0 aliphatic rings. The Morgan fingerprint density at radius 2 is 1.83 bits per heavy atom. The van der Waals surface area contributed by atoms with E-state index in [0.29, 0.717) is 10.6 Å². The molecule has 1 unspecified atom stereocenters. The summed E-state index contributed by atoms with van der Waals surface area (Å²) in [6.45, 7) is 0. The summed E-state index contributed by atoms with van der Waals surface area (Å²) >= 11 is 8.02. The molecular weight excluding hydrogens is 364 g/mol. The third-order valence-corrected chi connectivity index (χ3v) is 3.72. The summed E-state index contributed by atoms with van der Waals surface area (Å²) < 4.78 is 15.1. The van der Waals surface area contributed by atoms with Crippen LogP contribution >= 0.6 is 34.2 Å². The minimum Gasteiger partial charge on any atom is -0.309 e. The first-order valence-corrected chi connectivity index (χ1v) is 6.95. The van der Waals surface area contributed by atoms with Crippen molar-refractivity contribution in [1.82, 2.24) is 5.32 Å². The van der Waals surface area contributed by atoms with E-state index in [2.05, 4.69) is 27.9 Å². The fourth-order valence-corrected chi connectivity index (χ4v) is 2.41. The van der Waals surface area contributed by atoms with Crippen molar-refractivity contribution in [2.75, 3.05) is 7.05 Å². The highest BCUT2D eigenvalue weighted by atomic mass is 127. The van der Waals surface area contributed by atoms with E-state index < -0.39 is 0 Å². The number of hydrogen-bond donors (Lipinski definition) is 1. The maximum atomic E-state index is 13.9. The minimum absolute atomic E-state index is 0.167. The van der Waals surface area contributed by atoms with Crippen molar-refractivity contribution >= 4 is 34.2 Å². The Morgan fingerprint density at radius 3 is 2.39 bits per heavy atom. The lowest BCUT2D eigenvalue weighted by Gasteiger charge is -2.18. The molecule has 2 aromatic carbocycles. The number of halogens is 3. The predicted molar refractivity (Wildman–Crippen MR) is 81.5 cm³/mol. The SMILES string of the molecule is CNC(c1ccc(I)cc1)c1ccc(Cl)cc1F. The van der Waals surface area contributed by atoms with Gasteiger partial charge in [0.15, 0.2) is 0 Å². The standard InChI is InChI=1S/C14H12ClFIN/c1-18-14(9-2-5-11(17)6-3-9)12-7-4-10(15)8-13(12)16/h2-8,14,18H,1H3. The van der Waals surface area contributed by atoms with Crippen LogP contribution in [-0.2, 0) is 0 Å². The number of nitrogens with one attached hydrogen (secondary N) is 1. The topological polar surface area (TPSA) is 12.0 Å². The lowest BCUT2D eigenvalue weighted by atomic mass is 9.98. The van der Waals surface area contributed by atoms with E-state index in [9.17, 15) is 4.39 Å². The Balaban J connectivity index is 2.41. The second kappa shape index (κ2) is 5.99. The van der Waals surface area contributed by atoms with Gasteiger partial charge in [-0.2, -0.15) is 0 Å². The van der Waals surface area contributed by atoms with Gasteiger partial charge in [-0.15, -0.1) is 0 Å². The molecule has 94 valence electrons. The van der Waals surface area contributed by atoms with Crippen molar-refractivity contribution in [1.29, 1.82) is 0 Å². The summed E-state index contributed by atoms with van der Waals surface area (Å²) in [7, 11) is 1.82. The second-order valence-electron chi connectivity index (χ2n) is 3.94. The molecule has 0 aliphatic carbocycles. The summed E-state index contributed by atoms with van der Waals surface area (Å²) in [5.41, 5.74) is 1.63. The Kier molecular flexibility index (Phi) is 4.59. The molecule has 0 spiro atoms. The van der Waals surface area contributed by atoms with Crippen molar-refractivity contribution in [2.24, 2.45) is 0 Å². The summed E-state index contributed by atoms with van der Waals surface area (Å²) in [6.07, 6.45) is 0. The van der Waals surface area contributed by atoms with Crippen LogP contribution in [-0.4, -0.2) is 7.05 Å². The third-order valence-electron chi connectivity index (χ3n) is 2.77. The van der Waals surface area contributed by atoms with E-state index in [4.69, 9.17) is 11.6 Å². The van der Waals surface area contributed by atoms with Crippen LogP contribution in [0.4, 0.5) is 4.39 Å². The second-order valence-corrected chi connectivity index (χ2v) is 5.62. The van der Waals surface area contributed by atoms with E-state index in [-0.39, 0.29) is 11.9 Å².